The molecule has 1 unspecified atom stereocenters. The normalized spacial score (nSPS) is 12.5. The second-order valence-electron chi connectivity index (χ2n) is 5.58. The van der Waals surface area contributed by atoms with Crippen LogP contribution in [0.25, 0.3) is 11.0 Å². The average Bonchev–Trinajstić information content (AvgIpc) is 3.08. The molecule has 23 heavy (non-hydrogen) atoms. The number of hydrogen-bond acceptors (Lipinski definition) is 4. The number of carbonyl (C=O) groups is 1. The zero-order valence-electron chi connectivity index (χ0n) is 13.5. The number of nitrogens with zero attached hydrogens (tertiary/aromatic N) is 5. The SMILES string of the molecule is Cc1nc2ccccc2n1CCC(=O)NC(C)c1ncnn1C. The van der Waals surface area contributed by atoms with Crippen molar-refractivity contribution in [2.75, 3.05) is 0 Å². The molecule has 7 heteroatoms. The van der Waals surface area contributed by atoms with E-state index in [1.165, 1.54) is 6.33 Å². The highest BCUT2D eigenvalue weighted by Crippen LogP contribution is 2.16. The van der Waals surface area contributed by atoms with Gasteiger partial charge in [-0.15, -0.1) is 0 Å². The topological polar surface area (TPSA) is 77.6 Å². The lowest BCUT2D eigenvalue weighted by Crippen LogP contribution is -2.29. The number of imidazole rings is 1. The first kappa shape index (κ1) is 15.2. The number of amides is 1. The molecule has 0 bridgehead atoms. The summed E-state index contributed by atoms with van der Waals surface area (Å²) >= 11 is 0. The van der Waals surface area contributed by atoms with Crippen LogP contribution in [0.3, 0.4) is 0 Å². The molecule has 1 atom stereocenters. The van der Waals surface area contributed by atoms with Crippen molar-refractivity contribution in [1.82, 2.24) is 29.6 Å². The van der Waals surface area contributed by atoms with Crippen LogP contribution >= 0.6 is 0 Å². The number of para-hydroxylation sites is 2. The van der Waals surface area contributed by atoms with E-state index >= 15 is 0 Å². The van der Waals surface area contributed by atoms with Gasteiger partial charge in [-0.1, -0.05) is 12.1 Å². The third kappa shape index (κ3) is 3.08. The molecule has 0 saturated heterocycles. The maximum absolute atomic E-state index is 12.2. The molecule has 0 radical (unpaired) electrons. The molecule has 1 amide bonds. The summed E-state index contributed by atoms with van der Waals surface area (Å²) < 4.78 is 3.74. The Labute approximate surface area is 134 Å². The second kappa shape index (κ2) is 6.20. The third-order valence-corrected chi connectivity index (χ3v) is 3.92. The fourth-order valence-corrected chi connectivity index (χ4v) is 2.77. The Bertz CT molecular complexity index is 834. The van der Waals surface area contributed by atoms with E-state index in [0.29, 0.717) is 13.0 Å². The van der Waals surface area contributed by atoms with Gasteiger partial charge in [0.2, 0.25) is 5.91 Å². The Kier molecular flexibility index (Phi) is 4.10. The van der Waals surface area contributed by atoms with E-state index < -0.39 is 0 Å². The van der Waals surface area contributed by atoms with E-state index in [1.807, 2.05) is 45.2 Å². The summed E-state index contributed by atoms with van der Waals surface area (Å²) in [6, 6.07) is 7.78. The molecular weight excluding hydrogens is 292 g/mol. The quantitative estimate of drug-likeness (QED) is 0.778. The zero-order valence-corrected chi connectivity index (χ0v) is 13.5. The molecule has 120 valence electrons. The Balaban J connectivity index is 1.64. The van der Waals surface area contributed by atoms with Crippen LogP contribution in [0.15, 0.2) is 30.6 Å². The summed E-state index contributed by atoms with van der Waals surface area (Å²) in [5.74, 6) is 1.64. The second-order valence-corrected chi connectivity index (χ2v) is 5.58. The molecule has 0 aliphatic rings. The molecule has 1 aromatic carbocycles. The van der Waals surface area contributed by atoms with E-state index in [9.17, 15) is 4.79 Å². The van der Waals surface area contributed by atoms with Gasteiger partial charge < -0.3 is 9.88 Å². The molecule has 7 nitrogen and oxygen atoms in total. The van der Waals surface area contributed by atoms with Crippen molar-refractivity contribution in [2.24, 2.45) is 7.05 Å². The standard InChI is InChI=1S/C16H20N6O/c1-11(16-17-10-18-21(16)3)19-15(23)8-9-22-12(2)20-13-6-4-5-7-14(13)22/h4-7,10-11H,8-9H2,1-3H3,(H,19,23). The van der Waals surface area contributed by atoms with Crippen molar-refractivity contribution in [3.8, 4) is 0 Å². The highest BCUT2D eigenvalue weighted by molar-refractivity contribution is 5.78. The van der Waals surface area contributed by atoms with Crippen molar-refractivity contribution in [3.63, 3.8) is 0 Å². The van der Waals surface area contributed by atoms with Crippen LogP contribution in [0, 0.1) is 6.92 Å². The number of aromatic nitrogens is 5. The molecule has 3 aromatic rings. The van der Waals surface area contributed by atoms with Gasteiger partial charge in [-0.05, 0) is 26.0 Å². The minimum Gasteiger partial charge on any atom is -0.346 e. The molecule has 0 fully saturated rings. The lowest BCUT2D eigenvalue weighted by molar-refractivity contribution is -0.122. The third-order valence-electron chi connectivity index (χ3n) is 3.92. The van der Waals surface area contributed by atoms with Gasteiger partial charge in [0, 0.05) is 20.0 Å². The first-order valence-electron chi connectivity index (χ1n) is 7.61. The maximum atomic E-state index is 12.2. The molecular formula is C16H20N6O. The van der Waals surface area contributed by atoms with Crippen molar-refractivity contribution < 1.29 is 4.79 Å². The number of nitrogens with one attached hydrogen (secondary N) is 1. The fraction of sp³-hybridized carbons (Fsp3) is 0.375. The maximum Gasteiger partial charge on any atom is 0.222 e. The number of fused-ring (bicyclic) bond motifs is 1. The van der Waals surface area contributed by atoms with Crippen LogP contribution in [0.2, 0.25) is 0 Å². The average molecular weight is 312 g/mol. The first-order chi connectivity index (χ1) is 11.1. The molecule has 0 aliphatic carbocycles. The van der Waals surface area contributed by atoms with Gasteiger partial charge in [0.05, 0.1) is 17.1 Å². The van der Waals surface area contributed by atoms with Crippen LogP contribution < -0.4 is 5.32 Å². The molecule has 1 N–H and O–H groups in total. The van der Waals surface area contributed by atoms with Crippen molar-refractivity contribution >= 4 is 16.9 Å². The van der Waals surface area contributed by atoms with E-state index in [0.717, 1.165) is 22.7 Å². The summed E-state index contributed by atoms with van der Waals surface area (Å²) in [5.41, 5.74) is 2.01. The van der Waals surface area contributed by atoms with Gasteiger partial charge in [-0.25, -0.2) is 9.97 Å². The van der Waals surface area contributed by atoms with Crippen molar-refractivity contribution in [3.05, 3.63) is 42.2 Å². The minimum atomic E-state index is -0.171. The summed E-state index contributed by atoms with van der Waals surface area (Å²) in [7, 11) is 1.81. The van der Waals surface area contributed by atoms with E-state index in [-0.39, 0.29) is 11.9 Å². The van der Waals surface area contributed by atoms with Crippen LogP contribution in [0.4, 0.5) is 0 Å². The number of benzene rings is 1. The van der Waals surface area contributed by atoms with Gasteiger partial charge in [0.1, 0.15) is 18.0 Å². The summed E-state index contributed by atoms with van der Waals surface area (Å²) in [6.07, 6.45) is 1.88. The lowest BCUT2D eigenvalue weighted by atomic mass is 10.2. The Morgan fingerprint density at radius 2 is 2.13 bits per heavy atom. The Morgan fingerprint density at radius 3 is 2.87 bits per heavy atom. The fourth-order valence-electron chi connectivity index (χ4n) is 2.77. The van der Waals surface area contributed by atoms with Crippen LogP contribution in [0.1, 0.15) is 31.0 Å². The summed E-state index contributed by atoms with van der Waals surface area (Å²) in [4.78, 5) is 20.9. The predicted octanol–water partition coefficient (Wildman–Crippen LogP) is 1.74. The minimum absolute atomic E-state index is 0.0160. The molecule has 3 rings (SSSR count). The number of rotatable bonds is 5. The summed E-state index contributed by atoms with van der Waals surface area (Å²) in [6.45, 7) is 4.46. The Hall–Kier alpha value is -2.70. The van der Waals surface area contributed by atoms with E-state index in [2.05, 4.69) is 25.0 Å². The number of aryl methyl sites for hydroxylation is 3. The number of carbonyl (C=O) groups excluding carboxylic acids is 1. The van der Waals surface area contributed by atoms with E-state index in [4.69, 9.17) is 0 Å². The molecule has 0 saturated carbocycles. The van der Waals surface area contributed by atoms with E-state index in [1.54, 1.807) is 4.68 Å². The van der Waals surface area contributed by atoms with Crippen molar-refractivity contribution in [1.29, 1.82) is 0 Å². The zero-order chi connectivity index (χ0) is 16.4. The van der Waals surface area contributed by atoms with Gasteiger partial charge in [-0.3, -0.25) is 9.48 Å². The van der Waals surface area contributed by atoms with Crippen LogP contribution in [-0.2, 0) is 18.4 Å². The highest BCUT2D eigenvalue weighted by Gasteiger charge is 2.15. The van der Waals surface area contributed by atoms with Gasteiger partial charge in [-0.2, -0.15) is 5.10 Å². The number of hydrogen-bond donors (Lipinski definition) is 1. The Morgan fingerprint density at radius 1 is 1.35 bits per heavy atom. The highest BCUT2D eigenvalue weighted by atomic mass is 16.1. The largest absolute Gasteiger partial charge is 0.346 e. The van der Waals surface area contributed by atoms with Gasteiger partial charge >= 0.3 is 0 Å². The van der Waals surface area contributed by atoms with Crippen molar-refractivity contribution in [2.45, 2.75) is 32.9 Å². The first-order valence-corrected chi connectivity index (χ1v) is 7.61. The molecule has 2 aromatic heterocycles. The summed E-state index contributed by atoms with van der Waals surface area (Å²) in [5, 5.41) is 6.98. The predicted molar refractivity (Wildman–Crippen MR) is 86.6 cm³/mol. The van der Waals surface area contributed by atoms with Gasteiger partial charge in [0.25, 0.3) is 0 Å². The smallest absolute Gasteiger partial charge is 0.222 e. The van der Waals surface area contributed by atoms with Crippen LogP contribution in [-0.4, -0.2) is 30.2 Å². The monoisotopic (exact) mass is 312 g/mol. The molecule has 0 aliphatic heterocycles. The van der Waals surface area contributed by atoms with Crippen LogP contribution in [0.5, 0.6) is 0 Å². The molecule has 2 heterocycles. The molecule has 0 spiro atoms. The van der Waals surface area contributed by atoms with Gasteiger partial charge in [0.15, 0.2) is 0 Å². The lowest BCUT2D eigenvalue weighted by Gasteiger charge is -2.13.